The molecule has 0 aliphatic heterocycles. The van der Waals surface area contributed by atoms with Crippen LogP contribution in [-0.4, -0.2) is 28.0 Å². The SMILES string of the molecule is CCOC(=O)c1c(NC(=O)CCn2cnc3sc4c(c3c2=O)CCCC4)sc(C)c1C. The maximum Gasteiger partial charge on any atom is 0.341 e. The van der Waals surface area contributed by atoms with E-state index in [1.54, 1.807) is 18.3 Å². The van der Waals surface area contributed by atoms with Crippen LogP contribution in [0.1, 0.15) is 57.4 Å². The predicted molar refractivity (Wildman–Crippen MR) is 124 cm³/mol. The molecule has 3 heterocycles. The number of carbonyl (C=O) groups excluding carboxylic acids is 2. The van der Waals surface area contributed by atoms with Gasteiger partial charge in [0.05, 0.1) is 23.9 Å². The Morgan fingerprint density at radius 1 is 1.23 bits per heavy atom. The zero-order chi connectivity index (χ0) is 22.1. The average Bonchev–Trinajstić information content (AvgIpc) is 3.25. The van der Waals surface area contributed by atoms with Crippen LogP contribution in [0.5, 0.6) is 0 Å². The van der Waals surface area contributed by atoms with Crippen LogP contribution in [-0.2, 0) is 28.9 Å². The topological polar surface area (TPSA) is 90.3 Å². The fourth-order valence-corrected chi connectivity index (χ4v) is 6.20. The monoisotopic (exact) mass is 459 g/mol. The lowest BCUT2D eigenvalue weighted by molar-refractivity contribution is -0.116. The third-order valence-corrected chi connectivity index (χ3v) is 7.96. The summed E-state index contributed by atoms with van der Waals surface area (Å²) in [6.07, 6.45) is 5.83. The number of anilines is 1. The van der Waals surface area contributed by atoms with Gasteiger partial charge < -0.3 is 10.1 Å². The number of rotatable bonds is 6. The number of ether oxygens (including phenoxy) is 1. The molecule has 3 aromatic rings. The summed E-state index contributed by atoms with van der Waals surface area (Å²) in [6, 6.07) is 0. The second-order valence-corrected chi connectivity index (χ2v) is 9.95. The number of carbonyl (C=O) groups is 2. The Morgan fingerprint density at radius 3 is 2.77 bits per heavy atom. The van der Waals surface area contributed by atoms with Crippen molar-refractivity contribution in [2.75, 3.05) is 11.9 Å². The van der Waals surface area contributed by atoms with Crippen LogP contribution >= 0.6 is 22.7 Å². The lowest BCUT2D eigenvalue weighted by atomic mass is 9.97. The van der Waals surface area contributed by atoms with E-state index in [4.69, 9.17) is 4.74 Å². The van der Waals surface area contributed by atoms with E-state index in [9.17, 15) is 14.4 Å². The van der Waals surface area contributed by atoms with Crippen molar-refractivity contribution in [2.45, 2.75) is 59.4 Å². The molecule has 31 heavy (non-hydrogen) atoms. The number of hydrogen-bond donors (Lipinski definition) is 1. The number of esters is 1. The van der Waals surface area contributed by atoms with Crippen LogP contribution in [0, 0.1) is 13.8 Å². The highest BCUT2D eigenvalue weighted by Crippen LogP contribution is 2.34. The molecular weight excluding hydrogens is 434 g/mol. The summed E-state index contributed by atoms with van der Waals surface area (Å²) < 4.78 is 6.65. The quantitative estimate of drug-likeness (QED) is 0.558. The molecule has 0 saturated carbocycles. The third kappa shape index (κ3) is 4.16. The zero-order valence-electron chi connectivity index (χ0n) is 17.9. The highest BCUT2D eigenvalue weighted by atomic mass is 32.1. The zero-order valence-corrected chi connectivity index (χ0v) is 19.5. The first-order valence-electron chi connectivity index (χ1n) is 10.5. The number of nitrogens with one attached hydrogen (secondary N) is 1. The van der Waals surface area contributed by atoms with E-state index in [1.165, 1.54) is 27.1 Å². The van der Waals surface area contributed by atoms with Gasteiger partial charge in [-0.15, -0.1) is 22.7 Å². The molecule has 0 atom stereocenters. The van der Waals surface area contributed by atoms with E-state index in [2.05, 4.69) is 10.3 Å². The Bertz CT molecular complexity index is 1220. The van der Waals surface area contributed by atoms with E-state index >= 15 is 0 Å². The molecular formula is C22H25N3O4S2. The molecule has 1 aliphatic carbocycles. The van der Waals surface area contributed by atoms with Crippen molar-refractivity contribution in [3.05, 3.63) is 43.1 Å². The maximum absolute atomic E-state index is 13.0. The van der Waals surface area contributed by atoms with Crippen molar-refractivity contribution in [2.24, 2.45) is 0 Å². The van der Waals surface area contributed by atoms with Crippen molar-refractivity contribution in [3.8, 4) is 0 Å². The Morgan fingerprint density at radius 2 is 2.00 bits per heavy atom. The summed E-state index contributed by atoms with van der Waals surface area (Å²) in [5.74, 6) is -0.695. The molecule has 1 N–H and O–H groups in total. The van der Waals surface area contributed by atoms with Crippen LogP contribution in [0.25, 0.3) is 10.2 Å². The largest absolute Gasteiger partial charge is 0.462 e. The van der Waals surface area contributed by atoms with E-state index in [-0.39, 0.29) is 31.0 Å². The van der Waals surface area contributed by atoms with Gasteiger partial charge in [-0.25, -0.2) is 9.78 Å². The number of aryl methyl sites for hydroxylation is 4. The lowest BCUT2D eigenvalue weighted by Gasteiger charge is -2.10. The lowest BCUT2D eigenvalue weighted by Crippen LogP contribution is -2.24. The average molecular weight is 460 g/mol. The van der Waals surface area contributed by atoms with Crippen LogP contribution in [0.4, 0.5) is 5.00 Å². The van der Waals surface area contributed by atoms with E-state index in [0.717, 1.165) is 51.9 Å². The van der Waals surface area contributed by atoms with E-state index in [0.29, 0.717) is 10.6 Å². The van der Waals surface area contributed by atoms with Gasteiger partial charge >= 0.3 is 5.97 Å². The van der Waals surface area contributed by atoms with Crippen LogP contribution in [0.15, 0.2) is 11.1 Å². The summed E-state index contributed by atoms with van der Waals surface area (Å²) in [4.78, 5) is 45.4. The molecule has 0 unspecified atom stereocenters. The minimum Gasteiger partial charge on any atom is -0.462 e. The molecule has 0 spiro atoms. The summed E-state index contributed by atoms with van der Waals surface area (Å²) in [5.41, 5.74) is 2.29. The maximum atomic E-state index is 13.0. The van der Waals surface area contributed by atoms with Gasteiger partial charge in [0.1, 0.15) is 9.83 Å². The molecule has 4 rings (SSSR count). The smallest absolute Gasteiger partial charge is 0.341 e. The molecule has 164 valence electrons. The molecule has 1 amide bonds. The van der Waals surface area contributed by atoms with E-state index < -0.39 is 5.97 Å². The Labute approximate surface area is 188 Å². The first-order valence-corrected chi connectivity index (χ1v) is 12.1. The molecule has 9 heteroatoms. The summed E-state index contributed by atoms with van der Waals surface area (Å²) in [7, 11) is 0. The fourth-order valence-electron chi connectivity index (χ4n) is 3.92. The van der Waals surface area contributed by atoms with Gasteiger partial charge in [-0.1, -0.05) is 0 Å². The van der Waals surface area contributed by atoms with Crippen molar-refractivity contribution < 1.29 is 14.3 Å². The number of aromatic nitrogens is 2. The predicted octanol–water partition coefficient (Wildman–Crippen LogP) is 4.22. The first-order chi connectivity index (χ1) is 14.9. The fraction of sp³-hybridized carbons (Fsp3) is 0.455. The van der Waals surface area contributed by atoms with Crippen molar-refractivity contribution >= 4 is 49.8 Å². The van der Waals surface area contributed by atoms with Gasteiger partial charge in [-0.2, -0.15) is 0 Å². The number of fused-ring (bicyclic) bond motifs is 3. The summed E-state index contributed by atoms with van der Waals surface area (Å²) in [6.45, 7) is 6.00. The molecule has 0 fully saturated rings. The molecule has 7 nitrogen and oxygen atoms in total. The number of hydrogen-bond acceptors (Lipinski definition) is 7. The summed E-state index contributed by atoms with van der Waals surface area (Å²) >= 11 is 2.97. The Balaban J connectivity index is 1.51. The van der Waals surface area contributed by atoms with Gasteiger partial charge in [-0.05, 0) is 57.6 Å². The molecule has 0 saturated heterocycles. The molecule has 0 radical (unpaired) electrons. The van der Waals surface area contributed by atoms with Crippen molar-refractivity contribution in [1.29, 1.82) is 0 Å². The number of nitrogens with zero attached hydrogens (tertiary/aromatic N) is 2. The normalized spacial score (nSPS) is 13.3. The second kappa shape index (κ2) is 8.92. The highest BCUT2D eigenvalue weighted by Gasteiger charge is 2.23. The minimum atomic E-state index is -0.437. The van der Waals surface area contributed by atoms with Crippen LogP contribution < -0.4 is 10.9 Å². The Kier molecular flexibility index (Phi) is 6.24. The molecule has 3 aromatic heterocycles. The first kappa shape index (κ1) is 21.7. The Hall–Kier alpha value is -2.52. The minimum absolute atomic E-state index is 0.0766. The molecule has 0 bridgehead atoms. The number of thiophene rings is 2. The van der Waals surface area contributed by atoms with Gasteiger partial charge in [0, 0.05) is 22.7 Å². The second-order valence-electron chi connectivity index (χ2n) is 7.64. The van der Waals surface area contributed by atoms with Gasteiger partial charge in [0.25, 0.3) is 5.56 Å². The van der Waals surface area contributed by atoms with Crippen LogP contribution in [0.2, 0.25) is 0 Å². The highest BCUT2D eigenvalue weighted by molar-refractivity contribution is 7.18. The van der Waals surface area contributed by atoms with Gasteiger partial charge in [0.15, 0.2) is 0 Å². The summed E-state index contributed by atoms with van der Waals surface area (Å²) in [5, 5.41) is 4.04. The van der Waals surface area contributed by atoms with Crippen molar-refractivity contribution in [3.63, 3.8) is 0 Å². The van der Waals surface area contributed by atoms with Gasteiger partial charge in [0.2, 0.25) is 5.91 Å². The van der Waals surface area contributed by atoms with Gasteiger partial charge in [-0.3, -0.25) is 14.2 Å². The molecule has 1 aliphatic rings. The van der Waals surface area contributed by atoms with Crippen LogP contribution in [0.3, 0.4) is 0 Å². The van der Waals surface area contributed by atoms with Crippen molar-refractivity contribution in [1.82, 2.24) is 9.55 Å². The third-order valence-electron chi connectivity index (χ3n) is 5.64. The van der Waals surface area contributed by atoms with E-state index in [1.807, 2.05) is 13.8 Å². The number of amides is 1. The molecule has 0 aromatic carbocycles. The standard InChI is InChI=1S/C22H25N3O4S2/c1-4-29-22(28)17-12(2)13(3)30-20(17)24-16(26)9-10-25-11-23-19-18(21(25)27)14-7-5-6-8-15(14)31-19/h11H,4-10H2,1-3H3,(H,24,26).